The predicted octanol–water partition coefficient (Wildman–Crippen LogP) is 4.72. The molecule has 2 unspecified atom stereocenters. The molecule has 3 aromatic carbocycles. The van der Waals surface area contributed by atoms with Gasteiger partial charge in [-0.3, -0.25) is 9.59 Å². The number of phenols is 1. The van der Waals surface area contributed by atoms with Crippen LogP contribution in [0.15, 0.2) is 66.2 Å². The number of aryl methyl sites for hydroxylation is 1. The number of Topliss-reactive ketones (excluding diaryl/α,β-unsaturated/α-hetero) is 1. The Morgan fingerprint density at radius 3 is 2.35 bits per heavy atom. The quantitative estimate of drug-likeness (QED) is 0.253. The van der Waals surface area contributed by atoms with Crippen LogP contribution in [0.1, 0.15) is 37.5 Å². The van der Waals surface area contributed by atoms with Crippen molar-refractivity contribution in [3.05, 3.63) is 82.9 Å². The van der Waals surface area contributed by atoms with E-state index < -0.39 is 17.7 Å². The molecule has 5 rings (SSSR count). The molecule has 206 valence electrons. The third kappa shape index (κ3) is 5.13. The second-order valence-electron chi connectivity index (χ2n) is 9.89. The molecule has 1 aromatic heterocycles. The highest BCUT2D eigenvalue weighted by molar-refractivity contribution is 6.28. The molecule has 1 saturated heterocycles. The van der Waals surface area contributed by atoms with E-state index in [1.165, 1.54) is 4.80 Å². The zero-order chi connectivity index (χ0) is 28.4. The van der Waals surface area contributed by atoms with Crippen LogP contribution in [-0.2, 0) is 24.8 Å². The van der Waals surface area contributed by atoms with Gasteiger partial charge in [-0.2, -0.15) is 0 Å². The molecule has 2 heterocycles. The fourth-order valence-electron chi connectivity index (χ4n) is 4.98. The summed E-state index contributed by atoms with van der Waals surface area (Å²) in [7, 11) is 0. The molecule has 2 atom stereocenters. The largest absolute Gasteiger partial charge is 0.505 e. The first-order valence-corrected chi connectivity index (χ1v) is 13.3. The Bertz CT molecular complexity index is 1560. The number of phenolic OH excluding ortho intramolecular Hbond substituents is 1. The zero-order valence-corrected chi connectivity index (χ0v) is 23.0. The molecule has 0 radical (unpaired) electrons. The summed E-state index contributed by atoms with van der Waals surface area (Å²) in [5, 5.41) is 20.2. The normalized spacial score (nSPS) is 20.1. The summed E-state index contributed by atoms with van der Waals surface area (Å²) in [6, 6.07) is 18.8. The van der Waals surface area contributed by atoms with Gasteiger partial charge in [-0.25, -0.2) is 0 Å². The van der Waals surface area contributed by atoms with Gasteiger partial charge in [0, 0.05) is 29.9 Å². The smallest absolute Gasteiger partial charge is 0.228 e. The molecular formula is C31H32N4O5. The van der Waals surface area contributed by atoms with Gasteiger partial charge in [0.15, 0.2) is 18.2 Å². The maximum Gasteiger partial charge on any atom is 0.228 e. The Hall–Kier alpha value is -4.34. The van der Waals surface area contributed by atoms with Gasteiger partial charge in [-0.15, -0.1) is 15.0 Å². The first-order valence-electron chi connectivity index (χ1n) is 13.3. The number of benzene rings is 3. The lowest BCUT2D eigenvalue weighted by Gasteiger charge is -2.39. The van der Waals surface area contributed by atoms with Crippen LogP contribution in [0.5, 0.6) is 5.75 Å². The number of anilines is 1. The number of carbonyl (C=O) groups excluding carboxylic acids is 2. The van der Waals surface area contributed by atoms with E-state index in [2.05, 4.69) is 28.9 Å². The van der Waals surface area contributed by atoms with E-state index in [0.29, 0.717) is 27.9 Å². The summed E-state index contributed by atoms with van der Waals surface area (Å²) in [4.78, 5) is 28.0. The van der Waals surface area contributed by atoms with E-state index in [1.54, 1.807) is 25.1 Å². The maximum absolute atomic E-state index is 12.8. The lowest BCUT2D eigenvalue weighted by atomic mass is 9.97. The minimum Gasteiger partial charge on any atom is -0.505 e. The number of hydrogen-bond donors (Lipinski definition) is 1. The standard InChI is InChI=1S/C31H32N4O5/c1-5-34(6-2)24-13-11-23(12-14-24)31(4)39-19-22(30(40-31)28(37)18-36)17-21-15-20(3)16-27(29(21)38)35-32-25-9-7-8-10-26(25)33-35/h7-18,30,38H,5-6,19H2,1-4H3. The SMILES string of the molecule is CCN(CC)c1ccc(C2(C)OCC(=Cc3cc(C)cc(-n4nc5ccccc5n4)c3O)C(C(=O)C=O)O2)cc1. The summed E-state index contributed by atoms with van der Waals surface area (Å²) in [6.45, 7) is 9.59. The maximum atomic E-state index is 12.8. The third-order valence-electron chi connectivity index (χ3n) is 7.20. The minimum absolute atomic E-state index is 0.0190. The van der Waals surface area contributed by atoms with Gasteiger partial charge in [0.2, 0.25) is 5.78 Å². The number of hydrogen-bond acceptors (Lipinski definition) is 8. The molecule has 0 saturated carbocycles. The highest BCUT2D eigenvalue weighted by Gasteiger charge is 2.41. The number of aldehydes is 1. The predicted molar refractivity (Wildman–Crippen MR) is 152 cm³/mol. The van der Waals surface area contributed by atoms with E-state index in [4.69, 9.17) is 9.47 Å². The first-order chi connectivity index (χ1) is 19.3. The average Bonchev–Trinajstić information content (AvgIpc) is 3.40. The lowest BCUT2D eigenvalue weighted by Crippen LogP contribution is -2.45. The highest BCUT2D eigenvalue weighted by Crippen LogP contribution is 2.38. The molecule has 9 heteroatoms. The molecule has 1 aliphatic rings. The fraction of sp³-hybridized carbons (Fsp3) is 0.290. The van der Waals surface area contributed by atoms with Crippen molar-refractivity contribution in [2.45, 2.75) is 39.6 Å². The van der Waals surface area contributed by atoms with Crippen LogP contribution < -0.4 is 4.90 Å². The Morgan fingerprint density at radius 2 is 1.75 bits per heavy atom. The van der Waals surface area contributed by atoms with Gasteiger partial charge in [0.25, 0.3) is 0 Å². The van der Waals surface area contributed by atoms with Crippen LogP contribution in [-0.4, -0.2) is 58.0 Å². The van der Waals surface area contributed by atoms with Crippen molar-refractivity contribution in [1.29, 1.82) is 0 Å². The summed E-state index contributed by atoms with van der Waals surface area (Å²) in [5.41, 5.74) is 5.25. The van der Waals surface area contributed by atoms with Crippen molar-refractivity contribution in [1.82, 2.24) is 15.0 Å². The van der Waals surface area contributed by atoms with Crippen LogP contribution >= 0.6 is 0 Å². The van der Waals surface area contributed by atoms with Crippen molar-refractivity contribution in [2.75, 3.05) is 24.6 Å². The number of carbonyl (C=O) groups is 2. The number of ketones is 1. The minimum atomic E-state index is -1.25. The third-order valence-corrected chi connectivity index (χ3v) is 7.20. The van der Waals surface area contributed by atoms with Gasteiger partial charge < -0.3 is 19.5 Å². The molecule has 9 nitrogen and oxygen atoms in total. The van der Waals surface area contributed by atoms with Crippen LogP contribution in [0.4, 0.5) is 5.69 Å². The van der Waals surface area contributed by atoms with Gasteiger partial charge in [0.1, 0.15) is 22.5 Å². The second-order valence-corrected chi connectivity index (χ2v) is 9.89. The van der Waals surface area contributed by atoms with Gasteiger partial charge in [0.05, 0.1) is 6.61 Å². The second kappa shape index (κ2) is 11.0. The van der Waals surface area contributed by atoms with Crippen molar-refractivity contribution in [3.8, 4) is 11.4 Å². The van der Waals surface area contributed by atoms with E-state index >= 15 is 0 Å². The van der Waals surface area contributed by atoms with Crippen molar-refractivity contribution in [3.63, 3.8) is 0 Å². The monoisotopic (exact) mass is 540 g/mol. The van der Waals surface area contributed by atoms with Crippen LogP contribution in [0.3, 0.4) is 0 Å². The van der Waals surface area contributed by atoms with Crippen molar-refractivity contribution < 1.29 is 24.2 Å². The summed E-state index contributed by atoms with van der Waals surface area (Å²) < 4.78 is 12.3. The Balaban J connectivity index is 1.48. The number of nitrogens with zero attached hydrogens (tertiary/aromatic N) is 4. The molecular weight excluding hydrogens is 508 g/mol. The molecule has 40 heavy (non-hydrogen) atoms. The highest BCUT2D eigenvalue weighted by atomic mass is 16.7. The Labute approximate surface area is 232 Å². The van der Waals surface area contributed by atoms with Gasteiger partial charge >= 0.3 is 0 Å². The molecule has 1 N–H and O–H groups in total. The molecule has 1 aliphatic heterocycles. The topological polar surface area (TPSA) is 107 Å². The van der Waals surface area contributed by atoms with E-state index in [-0.39, 0.29) is 18.6 Å². The van der Waals surface area contributed by atoms with E-state index in [1.807, 2.05) is 55.5 Å². The molecule has 1 fully saturated rings. The first kappa shape index (κ1) is 27.2. The number of rotatable bonds is 8. The molecule has 0 amide bonds. The van der Waals surface area contributed by atoms with Gasteiger partial charge in [-0.05, 0) is 81.3 Å². The van der Waals surface area contributed by atoms with Gasteiger partial charge in [-0.1, -0.05) is 24.3 Å². The van der Waals surface area contributed by atoms with Crippen molar-refractivity contribution in [2.24, 2.45) is 0 Å². The lowest BCUT2D eigenvalue weighted by molar-refractivity contribution is -0.266. The number of aromatic nitrogens is 3. The van der Waals surface area contributed by atoms with E-state index in [9.17, 15) is 14.7 Å². The molecule has 0 bridgehead atoms. The Morgan fingerprint density at radius 1 is 1.10 bits per heavy atom. The molecule has 0 spiro atoms. The van der Waals surface area contributed by atoms with E-state index in [0.717, 1.165) is 29.9 Å². The number of fused-ring (bicyclic) bond motifs is 1. The average molecular weight is 541 g/mol. The fourth-order valence-corrected chi connectivity index (χ4v) is 4.98. The zero-order valence-electron chi connectivity index (χ0n) is 23.0. The van der Waals surface area contributed by atoms with Crippen LogP contribution in [0.25, 0.3) is 22.8 Å². The summed E-state index contributed by atoms with van der Waals surface area (Å²) in [5.74, 6) is -2.05. The van der Waals surface area contributed by atoms with Crippen LogP contribution in [0.2, 0.25) is 0 Å². The Kier molecular flexibility index (Phi) is 7.51. The summed E-state index contributed by atoms with van der Waals surface area (Å²) >= 11 is 0. The summed E-state index contributed by atoms with van der Waals surface area (Å²) in [6.07, 6.45) is 0.714. The number of aromatic hydroxyl groups is 1. The van der Waals surface area contributed by atoms with Crippen LogP contribution in [0, 0.1) is 6.92 Å². The molecule has 0 aliphatic carbocycles. The number of ether oxygens (including phenoxy) is 2. The molecule has 4 aromatic rings. The van der Waals surface area contributed by atoms with Crippen molar-refractivity contribution >= 4 is 34.9 Å².